The van der Waals surface area contributed by atoms with E-state index < -0.39 is 18.1 Å². The molecule has 1 aromatic carbocycles. The fourth-order valence-electron chi connectivity index (χ4n) is 5.14. The van der Waals surface area contributed by atoms with Gasteiger partial charge in [-0.05, 0) is 63.4 Å². The molecule has 2 aliphatic rings. The van der Waals surface area contributed by atoms with Gasteiger partial charge < -0.3 is 30.1 Å². The molecule has 1 fully saturated rings. The van der Waals surface area contributed by atoms with Crippen molar-refractivity contribution < 1.29 is 33.8 Å². The largest absolute Gasteiger partial charge is 0.463 e. The number of likely N-dealkylation sites (tertiary alicyclic amines) is 1. The van der Waals surface area contributed by atoms with Crippen LogP contribution in [0.3, 0.4) is 0 Å². The normalized spacial score (nSPS) is 22.4. The van der Waals surface area contributed by atoms with E-state index in [-0.39, 0.29) is 50.1 Å². The van der Waals surface area contributed by atoms with E-state index in [2.05, 4.69) is 10.6 Å². The molecule has 226 valence electrons. The Morgan fingerprint density at radius 3 is 2.73 bits per heavy atom. The van der Waals surface area contributed by atoms with E-state index in [9.17, 15) is 24.3 Å². The number of nitrogens with zero attached hydrogens (tertiary/aromatic N) is 1. The maximum Gasteiger partial charge on any atom is 0.407 e. The number of aliphatic hydroxyl groups excluding tert-OH is 1. The summed E-state index contributed by atoms with van der Waals surface area (Å²) in [6.45, 7) is 1.20. The van der Waals surface area contributed by atoms with Gasteiger partial charge in [-0.2, -0.15) is 0 Å². The summed E-state index contributed by atoms with van der Waals surface area (Å²) >= 11 is 0. The number of allylic oxidation sites excluding steroid dienone is 2. The first-order chi connectivity index (χ1) is 20.0. The van der Waals surface area contributed by atoms with Gasteiger partial charge in [0.05, 0.1) is 24.6 Å². The molecule has 3 rings (SSSR count). The van der Waals surface area contributed by atoms with Crippen molar-refractivity contribution in [2.75, 3.05) is 26.3 Å². The summed E-state index contributed by atoms with van der Waals surface area (Å²) in [5.74, 6) is -1.21. The molecular formula is C31H45N3O7. The number of carbonyl (C=O) groups is 4. The summed E-state index contributed by atoms with van der Waals surface area (Å²) in [6.07, 6.45) is 10.2. The second kappa shape index (κ2) is 18.1. The van der Waals surface area contributed by atoms with E-state index in [1.54, 1.807) is 4.90 Å². The molecule has 0 radical (unpaired) electrons. The zero-order valence-electron chi connectivity index (χ0n) is 23.9. The van der Waals surface area contributed by atoms with Crippen molar-refractivity contribution in [3.05, 3.63) is 48.0 Å². The molecule has 3 atom stereocenters. The van der Waals surface area contributed by atoms with Gasteiger partial charge in [0.25, 0.3) is 0 Å². The Balaban J connectivity index is 1.51. The van der Waals surface area contributed by atoms with Crippen molar-refractivity contribution in [3.8, 4) is 0 Å². The summed E-state index contributed by atoms with van der Waals surface area (Å²) in [5, 5.41) is 15.4. The SMILES string of the molecule is O=C1CCCCC=CCC(CC(=O)N2CCCC2CO)C(=O)NC(CCCCNC(=O)OCc2ccccc2)CO1. The van der Waals surface area contributed by atoms with Crippen LogP contribution in [-0.4, -0.2) is 72.3 Å². The van der Waals surface area contributed by atoms with Crippen LogP contribution in [0.15, 0.2) is 42.5 Å². The monoisotopic (exact) mass is 571 g/mol. The summed E-state index contributed by atoms with van der Waals surface area (Å²) in [4.78, 5) is 52.3. The standard InChI is InChI=1S/C31H45N3O7/c35-21-27-16-11-19-34(27)28(36)20-25-14-7-2-1-3-8-17-29(37)40-23-26(33-30(25)38)15-9-10-18-32-31(39)41-22-24-12-5-4-6-13-24/h2,4-7,12-13,25-27,35H,1,3,8-11,14-23H2,(H,32,39)(H,33,38). The van der Waals surface area contributed by atoms with Crippen LogP contribution < -0.4 is 10.6 Å². The lowest BCUT2D eigenvalue weighted by Crippen LogP contribution is -2.44. The summed E-state index contributed by atoms with van der Waals surface area (Å²) in [5.41, 5.74) is 0.908. The Bertz CT molecular complexity index is 1000. The first-order valence-electron chi connectivity index (χ1n) is 14.9. The number of esters is 1. The van der Waals surface area contributed by atoms with Gasteiger partial charge in [-0.25, -0.2) is 4.79 Å². The van der Waals surface area contributed by atoms with Gasteiger partial charge in [-0.1, -0.05) is 42.5 Å². The average Bonchev–Trinajstić information content (AvgIpc) is 3.46. The highest BCUT2D eigenvalue weighted by Gasteiger charge is 2.31. The van der Waals surface area contributed by atoms with Gasteiger partial charge in [0.2, 0.25) is 11.8 Å². The smallest absolute Gasteiger partial charge is 0.407 e. The quantitative estimate of drug-likeness (QED) is 0.222. The van der Waals surface area contributed by atoms with E-state index in [1.807, 2.05) is 42.5 Å². The van der Waals surface area contributed by atoms with Crippen molar-refractivity contribution in [1.29, 1.82) is 0 Å². The summed E-state index contributed by atoms with van der Waals surface area (Å²) in [6, 6.07) is 8.85. The number of alkyl carbamates (subject to hydrolysis) is 1. The number of amides is 3. The maximum atomic E-state index is 13.4. The predicted molar refractivity (Wildman–Crippen MR) is 154 cm³/mol. The van der Waals surface area contributed by atoms with Gasteiger partial charge >= 0.3 is 12.1 Å². The van der Waals surface area contributed by atoms with Crippen molar-refractivity contribution in [2.45, 2.75) is 89.3 Å². The predicted octanol–water partition coefficient (Wildman–Crippen LogP) is 3.62. The van der Waals surface area contributed by atoms with Gasteiger partial charge in [0, 0.05) is 25.9 Å². The van der Waals surface area contributed by atoms with E-state index in [0.717, 1.165) is 37.7 Å². The van der Waals surface area contributed by atoms with Crippen LogP contribution in [0.5, 0.6) is 0 Å². The molecular weight excluding hydrogens is 526 g/mol. The minimum absolute atomic E-state index is 0.0618. The van der Waals surface area contributed by atoms with Gasteiger partial charge in [0.1, 0.15) is 13.2 Å². The van der Waals surface area contributed by atoms with Crippen LogP contribution in [-0.2, 0) is 30.5 Å². The lowest BCUT2D eigenvalue weighted by atomic mass is 9.97. The van der Waals surface area contributed by atoms with Crippen molar-refractivity contribution in [1.82, 2.24) is 15.5 Å². The summed E-state index contributed by atoms with van der Waals surface area (Å²) in [7, 11) is 0. The number of nitrogens with one attached hydrogen (secondary N) is 2. The van der Waals surface area contributed by atoms with Crippen molar-refractivity contribution >= 4 is 23.9 Å². The second-order valence-corrected chi connectivity index (χ2v) is 10.8. The molecule has 3 unspecified atom stereocenters. The van der Waals surface area contributed by atoms with Gasteiger partial charge in [-0.3, -0.25) is 14.4 Å². The molecule has 2 aliphatic heterocycles. The molecule has 0 bridgehead atoms. The zero-order chi connectivity index (χ0) is 29.3. The molecule has 0 saturated carbocycles. The van der Waals surface area contributed by atoms with E-state index >= 15 is 0 Å². The third-order valence-corrected chi connectivity index (χ3v) is 7.54. The second-order valence-electron chi connectivity index (χ2n) is 10.8. The highest BCUT2D eigenvalue weighted by Crippen LogP contribution is 2.21. The Labute approximate surface area is 242 Å². The molecule has 10 heteroatoms. The zero-order valence-corrected chi connectivity index (χ0v) is 23.9. The molecule has 1 aromatic rings. The number of rotatable bonds is 10. The van der Waals surface area contributed by atoms with Crippen LogP contribution >= 0.6 is 0 Å². The molecule has 0 aromatic heterocycles. The van der Waals surface area contributed by atoms with Gasteiger partial charge in [-0.15, -0.1) is 0 Å². The first kappa shape index (κ1) is 32.1. The minimum Gasteiger partial charge on any atom is -0.463 e. The molecule has 3 amide bonds. The van der Waals surface area contributed by atoms with E-state index in [1.165, 1.54) is 0 Å². The molecule has 10 nitrogen and oxygen atoms in total. The Kier molecular flexibility index (Phi) is 14.2. The molecule has 0 aliphatic carbocycles. The molecule has 2 heterocycles. The third kappa shape index (κ3) is 11.9. The third-order valence-electron chi connectivity index (χ3n) is 7.54. The van der Waals surface area contributed by atoms with Crippen molar-refractivity contribution in [2.24, 2.45) is 5.92 Å². The minimum atomic E-state index is -0.555. The molecule has 41 heavy (non-hydrogen) atoms. The fourth-order valence-corrected chi connectivity index (χ4v) is 5.14. The lowest BCUT2D eigenvalue weighted by Gasteiger charge is -2.26. The first-order valence-corrected chi connectivity index (χ1v) is 14.9. The molecule has 1 saturated heterocycles. The number of aliphatic hydroxyl groups is 1. The van der Waals surface area contributed by atoms with Gasteiger partial charge in [0.15, 0.2) is 0 Å². The highest BCUT2D eigenvalue weighted by atomic mass is 16.5. The van der Waals surface area contributed by atoms with Crippen LogP contribution in [0.2, 0.25) is 0 Å². The van der Waals surface area contributed by atoms with E-state index in [0.29, 0.717) is 45.2 Å². The van der Waals surface area contributed by atoms with Crippen molar-refractivity contribution in [3.63, 3.8) is 0 Å². The maximum absolute atomic E-state index is 13.4. The lowest BCUT2D eigenvalue weighted by molar-refractivity contribution is -0.145. The fraction of sp³-hybridized carbons (Fsp3) is 0.613. The number of cyclic esters (lactones) is 1. The average molecular weight is 572 g/mol. The number of ether oxygens (including phenoxy) is 2. The van der Waals surface area contributed by atoms with Crippen LogP contribution in [0.25, 0.3) is 0 Å². The van der Waals surface area contributed by atoms with Crippen LogP contribution in [0.4, 0.5) is 4.79 Å². The summed E-state index contributed by atoms with van der Waals surface area (Å²) < 4.78 is 10.7. The molecule has 0 spiro atoms. The number of benzene rings is 1. The topological polar surface area (TPSA) is 134 Å². The van der Waals surface area contributed by atoms with E-state index in [4.69, 9.17) is 9.47 Å². The Morgan fingerprint density at radius 1 is 1.10 bits per heavy atom. The Hall–Kier alpha value is -3.40. The van der Waals surface area contributed by atoms with Crippen LogP contribution in [0.1, 0.15) is 76.2 Å². The number of carbonyl (C=O) groups excluding carboxylic acids is 4. The Morgan fingerprint density at radius 2 is 1.93 bits per heavy atom. The number of unbranched alkanes of at least 4 members (excludes halogenated alkanes) is 1. The molecule has 3 N–H and O–H groups in total. The highest BCUT2D eigenvalue weighted by molar-refractivity contribution is 5.86. The van der Waals surface area contributed by atoms with Crippen LogP contribution in [0, 0.1) is 5.92 Å². The number of hydrogen-bond donors (Lipinski definition) is 3. The number of hydrogen-bond acceptors (Lipinski definition) is 7.